The number of hydrogen-bond donors (Lipinski definition) is 1. The maximum Gasteiger partial charge on any atom is 0.290 e. The van der Waals surface area contributed by atoms with E-state index in [0.29, 0.717) is 12.6 Å². The third kappa shape index (κ3) is 5.61. The zero-order chi connectivity index (χ0) is 19.6. The van der Waals surface area contributed by atoms with E-state index in [1.165, 1.54) is 17.5 Å². The number of carboxylic acid groups (broad SMARTS) is 1. The number of morpholine rings is 1. The van der Waals surface area contributed by atoms with Gasteiger partial charge in [-0.05, 0) is 42.5 Å². The Bertz CT molecular complexity index is 698. The van der Waals surface area contributed by atoms with Crippen LogP contribution < -0.4 is 0 Å². The third-order valence-electron chi connectivity index (χ3n) is 5.39. The SMILES string of the molecule is O=CO.c1ccc(CCN2CCO[C@H]3[C@@H](OCc4ccncc4)CC[C@@H]32)cc1. The maximum absolute atomic E-state index is 8.36. The fraction of sp³-hybridized carbons (Fsp3) is 0.455. The lowest BCUT2D eigenvalue weighted by Crippen LogP contribution is -2.52. The van der Waals surface area contributed by atoms with Crippen LogP contribution in [0.4, 0.5) is 0 Å². The predicted octanol–water partition coefficient (Wildman–Crippen LogP) is 2.77. The highest BCUT2D eigenvalue weighted by atomic mass is 16.5. The van der Waals surface area contributed by atoms with E-state index in [1.54, 1.807) is 0 Å². The van der Waals surface area contributed by atoms with Crippen molar-refractivity contribution in [1.29, 1.82) is 0 Å². The van der Waals surface area contributed by atoms with Gasteiger partial charge < -0.3 is 14.6 Å². The molecule has 6 nitrogen and oxygen atoms in total. The van der Waals surface area contributed by atoms with Gasteiger partial charge in [-0.3, -0.25) is 14.7 Å². The molecule has 2 heterocycles. The Hall–Kier alpha value is -2.28. The van der Waals surface area contributed by atoms with Crippen LogP contribution in [0.5, 0.6) is 0 Å². The first-order valence-electron chi connectivity index (χ1n) is 9.79. The minimum Gasteiger partial charge on any atom is -0.483 e. The summed E-state index contributed by atoms with van der Waals surface area (Å²) in [5.41, 5.74) is 2.59. The van der Waals surface area contributed by atoms with Crippen LogP contribution >= 0.6 is 0 Å². The lowest BCUT2D eigenvalue weighted by molar-refractivity contribution is -0.122. The molecule has 4 rings (SSSR count). The van der Waals surface area contributed by atoms with Crippen LogP contribution in [0.15, 0.2) is 54.9 Å². The molecular formula is C22H28N2O4. The zero-order valence-electron chi connectivity index (χ0n) is 16.0. The van der Waals surface area contributed by atoms with Crippen molar-refractivity contribution in [2.24, 2.45) is 0 Å². The van der Waals surface area contributed by atoms with Gasteiger partial charge in [0.1, 0.15) is 0 Å². The molecule has 0 radical (unpaired) electrons. The molecule has 1 aliphatic carbocycles. The van der Waals surface area contributed by atoms with Gasteiger partial charge in [-0.2, -0.15) is 0 Å². The molecule has 0 bridgehead atoms. The largest absolute Gasteiger partial charge is 0.483 e. The molecule has 2 aromatic rings. The van der Waals surface area contributed by atoms with E-state index in [0.717, 1.165) is 32.5 Å². The topological polar surface area (TPSA) is 71.9 Å². The molecular weight excluding hydrogens is 356 g/mol. The van der Waals surface area contributed by atoms with Crippen molar-refractivity contribution in [2.45, 2.75) is 44.1 Å². The van der Waals surface area contributed by atoms with Crippen molar-refractivity contribution in [1.82, 2.24) is 9.88 Å². The summed E-state index contributed by atoms with van der Waals surface area (Å²) in [6.45, 7) is 3.34. The van der Waals surface area contributed by atoms with Crippen LogP contribution in [-0.4, -0.2) is 59.4 Å². The van der Waals surface area contributed by atoms with Crippen molar-refractivity contribution < 1.29 is 19.4 Å². The molecule has 0 spiro atoms. The highest BCUT2D eigenvalue weighted by molar-refractivity contribution is 5.32. The van der Waals surface area contributed by atoms with Gasteiger partial charge in [0.2, 0.25) is 0 Å². The van der Waals surface area contributed by atoms with E-state index in [4.69, 9.17) is 19.4 Å². The van der Waals surface area contributed by atoms with E-state index < -0.39 is 0 Å². The molecule has 1 N–H and O–H groups in total. The fourth-order valence-corrected chi connectivity index (χ4v) is 4.05. The van der Waals surface area contributed by atoms with Crippen LogP contribution in [0.1, 0.15) is 24.0 Å². The van der Waals surface area contributed by atoms with Crippen molar-refractivity contribution in [3.05, 3.63) is 66.0 Å². The van der Waals surface area contributed by atoms with E-state index in [9.17, 15) is 0 Å². The molecule has 28 heavy (non-hydrogen) atoms. The van der Waals surface area contributed by atoms with Crippen LogP contribution in [0.25, 0.3) is 0 Å². The van der Waals surface area contributed by atoms with E-state index in [2.05, 4.69) is 40.2 Å². The second kappa shape index (κ2) is 10.9. The van der Waals surface area contributed by atoms with Crippen LogP contribution in [-0.2, 0) is 27.3 Å². The summed E-state index contributed by atoms with van der Waals surface area (Å²) in [5.74, 6) is 0. The molecule has 1 aliphatic heterocycles. The summed E-state index contributed by atoms with van der Waals surface area (Å²) in [5, 5.41) is 6.89. The Morgan fingerprint density at radius 3 is 2.64 bits per heavy atom. The molecule has 1 aromatic carbocycles. The minimum atomic E-state index is -0.250. The second-order valence-electron chi connectivity index (χ2n) is 7.06. The monoisotopic (exact) mass is 384 g/mol. The Morgan fingerprint density at radius 2 is 1.89 bits per heavy atom. The Balaban J connectivity index is 0.000000706. The summed E-state index contributed by atoms with van der Waals surface area (Å²) in [7, 11) is 0. The average Bonchev–Trinajstić information content (AvgIpc) is 3.16. The van der Waals surface area contributed by atoms with Gasteiger partial charge in [-0.25, -0.2) is 0 Å². The van der Waals surface area contributed by atoms with Crippen molar-refractivity contribution >= 4 is 6.47 Å². The number of hydrogen-bond acceptors (Lipinski definition) is 5. The Labute approximate surface area is 166 Å². The van der Waals surface area contributed by atoms with Crippen LogP contribution in [0.3, 0.4) is 0 Å². The number of ether oxygens (including phenoxy) is 2. The molecule has 3 atom stereocenters. The quantitative estimate of drug-likeness (QED) is 0.772. The van der Waals surface area contributed by atoms with Gasteiger partial charge in [-0.1, -0.05) is 30.3 Å². The smallest absolute Gasteiger partial charge is 0.290 e. The maximum atomic E-state index is 8.36. The highest BCUT2D eigenvalue weighted by Crippen LogP contribution is 2.32. The lowest BCUT2D eigenvalue weighted by Gasteiger charge is -2.39. The van der Waals surface area contributed by atoms with Crippen LogP contribution in [0, 0.1) is 0 Å². The number of pyridine rings is 1. The van der Waals surface area contributed by atoms with Crippen molar-refractivity contribution in [3.8, 4) is 0 Å². The minimum absolute atomic E-state index is 0.206. The summed E-state index contributed by atoms with van der Waals surface area (Å²) in [6, 6.07) is 15.3. The van der Waals surface area contributed by atoms with Gasteiger partial charge in [0.25, 0.3) is 6.47 Å². The highest BCUT2D eigenvalue weighted by Gasteiger charge is 2.43. The summed E-state index contributed by atoms with van der Waals surface area (Å²) in [6.07, 6.45) is 7.41. The zero-order valence-corrected chi connectivity index (χ0v) is 16.0. The molecule has 2 fully saturated rings. The van der Waals surface area contributed by atoms with Gasteiger partial charge in [-0.15, -0.1) is 0 Å². The number of carbonyl (C=O) groups is 1. The van der Waals surface area contributed by atoms with Crippen molar-refractivity contribution in [3.63, 3.8) is 0 Å². The van der Waals surface area contributed by atoms with E-state index in [-0.39, 0.29) is 18.7 Å². The number of fused-ring (bicyclic) bond motifs is 1. The molecule has 1 saturated carbocycles. The predicted molar refractivity (Wildman–Crippen MR) is 106 cm³/mol. The molecule has 0 amide bonds. The molecule has 150 valence electrons. The molecule has 1 aromatic heterocycles. The molecule has 1 saturated heterocycles. The van der Waals surface area contributed by atoms with E-state index in [1.807, 2.05) is 24.5 Å². The number of benzene rings is 1. The number of aromatic nitrogens is 1. The summed E-state index contributed by atoms with van der Waals surface area (Å²) >= 11 is 0. The van der Waals surface area contributed by atoms with Crippen molar-refractivity contribution in [2.75, 3.05) is 19.7 Å². The van der Waals surface area contributed by atoms with Crippen LogP contribution in [0.2, 0.25) is 0 Å². The van der Waals surface area contributed by atoms with Gasteiger partial charge >= 0.3 is 0 Å². The summed E-state index contributed by atoms with van der Waals surface area (Å²) in [4.78, 5) is 15.0. The first-order chi connectivity index (χ1) is 13.8. The Morgan fingerprint density at radius 1 is 1.14 bits per heavy atom. The standard InChI is InChI=1S/C21H26N2O2.CH2O2/c1-2-4-17(5-3-1)10-13-23-14-15-24-21-19(23)6-7-20(21)25-16-18-8-11-22-12-9-18;2-1-3/h1-5,8-9,11-12,19-21H,6-7,10,13-16H2;1H,(H,2,3)/t19-,20-,21+;/m0./s1. The Kier molecular flexibility index (Phi) is 7.96. The molecule has 2 aliphatic rings. The first kappa shape index (κ1) is 20.5. The first-order valence-corrected chi connectivity index (χ1v) is 9.79. The number of rotatable bonds is 6. The normalized spacial score (nSPS) is 24.1. The lowest BCUT2D eigenvalue weighted by atomic mass is 10.1. The average molecular weight is 384 g/mol. The third-order valence-corrected chi connectivity index (χ3v) is 5.39. The molecule has 6 heteroatoms. The second-order valence-corrected chi connectivity index (χ2v) is 7.06. The van der Waals surface area contributed by atoms with Gasteiger partial charge in [0, 0.05) is 31.5 Å². The van der Waals surface area contributed by atoms with Gasteiger partial charge in [0.15, 0.2) is 0 Å². The fourth-order valence-electron chi connectivity index (χ4n) is 4.05. The molecule has 0 unspecified atom stereocenters. The number of nitrogens with zero attached hydrogens (tertiary/aromatic N) is 2. The van der Waals surface area contributed by atoms with Gasteiger partial charge in [0.05, 0.1) is 25.4 Å². The summed E-state index contributed by atoms with van der Waals surface area (Å²) < 4.78 is 12.3. The van der Waals surface area contributed by atoms with E-state index >= 15 is 0 Å².